The average molecular weight is 485 g/mol. The van der Waals surface area contributed by atoms with Crippen LogP contribution in [0.15, 0.2) is 18.7 Å². The lowest BCUT2D eigenvalue weighted by Crippen LogP contribution is -2.52. The maximum absolute atomic E-state index is 11.6. The molecule has 35 heavy (non-hydrogen) atoms. The molecule has 7 nitrogen and oxygen atoms in total. The molecule has 3 heterocycles. The minimum atomic E-state index is -0.713. The number of nitrogens with zero attached hydrogens (tertiary/aromatic N) is 2. The first-order valence-corrected chi connectivity index (χ1v) is 13.4. The second-order valence-corrected chi connectivity index (χ2v) is 12.0. The Bertz CT molecular complexity index is 916. The number of anilines is 1. The number of carbonyl (C=O) groups is 1. The fraction of sp³-hybridized carbons (Fsp3) is 0.714. The number of hydrogen-bond acceptors (Lipinski definition) is 6. The first kappa shape index (κ1) is 26.0. The van der Waals surface area contributed by atoms with E-state index in [1.54, 1.807) is 6.08 Å². The summed E-state index contributed by atoms with van der Waals surface area (Å²) in [7, 11) is 0. The molecule has 7 heteroatoms. The molecule has 1 saturated heterocycles. The Balaban J connectivity index is 1.64. The van der Waals surface area contributed by atoms with Crippen molar-refractivity contribution in [2.75, 3.05) is 24.5 Å². The minimum Gasteiger partial charge on any atom is -0.483 e. The van der Waals surface area contributed by atoms with Gasteiger partial charge in [-0.25, -0.2) is 4.98 Å². The van der Waals surface area contributed by atoms with E-state index in [0.717, 1.165) is 61.6 Å². The highest BCUT2D eigenvalue weighted by Crippen LogP contribution is 2.52. The van der Waals surface area contributed by atoms with Crippen LogP contribution in [0.4, 0.5) is 5.82 Å². The second kappa shape index (κ2) is 10.5. The topological polar surface area (TPSA) is 86.7 Å². The molecule has 4 rings (SSSR count). The van der Waals surface area contributed by atoms with E-state index < -0.39 is 6.10 Å². The molecule has 1 spiro atoms. The van der Waals surface area contributed by atoms with Gasteiger partial charge in [-0.05, 0) is 56.4 Å². The molecule has 3 N–H and O–H groups in total. The van der Waals surface area contributed by atoms with Gasteiger partial charge in [0.15, 0.2) is 11.6 Å². The number of aliphatic hydroxyl groups excluding tert-OH is 1. The molecule has 1 aliphatic carbocycles. The summed E-state index contributed by atoms with van der Waals surface area (Å²) in [5, 5.41) is 17.5. The Kier molecular flexibility index (Phi) is 7.77. The molecule has 1 aromatic heterocycles. The number of aromatic nitrogens is 1. The van der Waals surface area contributed by atoms with E-state index in [-0.39, 0.29) is 29.0 Å². The normalized spacial score (nSPS) is 22.7. The van der Waals surface area contributed by atoms with Gasteiger partial charge in [-0.2, -0.15) is 0 Å². The highest BCUT2D eigenvalue weighted by Gasteiger charge is 2.47. The lowest BCUT2D eigenvalue weighted by atomic mass is 9.72. The number of carbonyl (C=O) groups excluding carboxylic acids is 1. The van der Waals surface area contributed by atoms with Crippen molar-refractivity contribution in [2.45, 2.75) is 103 Å². The first-order chi connectivity index (χ1) is 16.6. The quantitative estimate of drug-likeness (QED) is 0.459. The van der Waals surface area contributed by atoms with E-state index >= 15 is 0 Å². The van der Waals surface area contributed by atoms with Gasteiger partial charge in [0.05, 0.1) is 12.1 Å². The van der Waals surface area contributed by atoms with Crippen LogP contribution in [-0.2, 0) is 11.2 Å². The number of rotatable bonds is 9. The lowest BCUT2D eigenvalue weighted by Gasteiger charge is -2.49. The predicted octanol–water partition coefficient (Wildman–Crippen LogP) is 4.05. The molecule has 3 atom stereocenters. The number of fused-ring (bicyclic) bond motifs is 1. The van der Waals surface area contributed by atoms with E-state index in [1.807, 2.05) is 0 Å². The molecular formula is C28H44N4O3. The van der Waals surface area contributed by atoms with Crippen molar-refractivity contribution < 1.29 is 14.6 Å². The Morgan fingerprint density at radius 1 is 1.34 bits per heavy atom. The first-order valence-electron chi connectivity index (χ1n) is 13.4. The van der Waals surface area contributed by atoms with Crippen LogP contribution >= 0.6 is 0 Å². The van der Waals surface area contributed by atoms with E-state index in [0.29, 0.717) is 13.0 Å². The molecular weight excluding hydrogens is 440 g/mol. The fourth-order valence-electron chi connectivity index (χ4n) is 5.69. The average Bonchev–Trinajstić information content (AvgIpc) is 3.28. The number of hydrogen-bond donors (Lipinski definition) is 3. The predicted molar refractivity (Wildman–Crippen MR) is 140 cm³/mol. The van der Waals surface area contributed by atoms with Crippen molar-refractivity contribution in [3.05, 3.63) is 30.0 Å². The summed E-state index contributed by atoms with van der Waals surface area (Å²) in [5.41, 5.74) is 2.24. The minimum absolute atomic E-state index is 0.0680. The zero-order chi connectivity index (χ0) is 25.2. The smallest absolute Gasteiger partial charge is 0.217 e. The van der Waals surface area contributed by atoms with Crippen LogP contribution in [0.25, 0.3) is 0 Å². The number of pyridine rings is 1. The van der Waals surface area contributed by atoms with Crippen molar-refractivity contribution in [2.24, 2.45) is 5.41 Å². The standard InChI is InChI=1S/C28H44N4O3/c1-6-10-22(30-19(2)33)24(34)18-29-23-17-28(11-9-12-28)35-25-21(23)15-20(16-27(3,4)5)31-26(25)32-13-7-8-14-32/h6,15,22-24,29,34H,1,7-14,16-18H2,2-5H3,(H,30,33)/t22-,23-,24+/m0/s1. The third-order valence-corrected chi connectivity index (χ3v) is 7.54. The van der Waals surface area contributed by atoms with Crippen LogP contribution in [0, 0.1) is 5.41 Å². The summed E-state index contributed by atoms with van der Waals surface area (Å²) < 4.78 is 6.78. The molecule has 194 valence electrons. The van der Waals surface area contributed by atoms with Crippen LogP contribution in [0.5, 0.6) is 5.75 Å². The van der Waals surface area contributed by atoms with E-state index in [4.69, 9.17) is 9.72 Å². The Labute approximate surface area is 210 Å². The van der Waals surface area contributed by atoms with Crippen LogP contribution in [0.1, 0.15) is 89.9 Å². The molecule has 1 amide bonds. The van der Waals surface area contributed by atoms with Crippen molar-refractivity contribution in [1.29, 1.82) is 0 Å². The molecule has 0 aromatic carbocycles. The summed E-state index contributed by atoms with van der Waals surface area (Å²) in [6.45, 7) is 14.4. The second-order valence-electron chi connectivity index (χ2n) is 12.0. The number of ether oxygens (including phenoxy) is 1. The third kappa shape index (κ3) is 6.18. The zero-order valence-electron chi connectivity index (χ0n) is 22.0. The Morgan fingerprint density at radius 2 is 2.06 bits per heavy atom. The molecule has 3 aliphatic rings. The van der Waals surface area contributed by atoms with Crippen LogP contribution in [0.3, 0.4) is 0 Å². The van der Waals surface area contributed by atoms with Crippen LogP contribution in [-0.4, -0.2) is 53.4 Å². The van der Waals surface area contributed by atoms with Gasteiger partial charge < -0.3 is 25.4 Å². The Morgan fingerprint density at radius 3 is 2.63 bits per heavy atom. The van der Waals surface area contributed by atoms with Crippen molar-refractivity contribution >= 4 is 11.7 Å². The van der Waals surface area contributed by atoms with Gasteiger partial charge in [0, 0.05) is 50.3 Å². The van der Waals surface area contributed by atoms with Gasteiger partial charge in [-0.1, -0.05) is 26.8 Å². The summed E-state index contributed by atoms with van der Waals surface area (Å²) in [6.07, 6.45) is 9.00. The number of aliphatic hydroxyl groups is 1. The van der Waals surface area contributed by atoms with E-state index in [1.165, 1.54) is 26.2 Å². The van der Waals surface area contributed by atoms with Crippen molar-refractivity contribution in [3.8, 4) is 5.75 Å². The molecule has 1 aromatic rings. The summed E-state index contributed by atoms with van der Waals surface area (Å²) in [5.74, 6) is 1.79. The molecule has 0 unspecified atom stereocenters. The zero-order valence-corrected chi connectivity index (χ0v) is 22.0. The number of nitrogens with one attached hydrogen (secondary N) is 2. The van der Waals surface area contributed by atoms with E-state index in [2.05, 4.69) is 49.0 Å². The highest BCUT2D eigenvalue weighted by molar-refractivity contribution is 5.73. The Hall–Kier alpha value is -2.12. The molecule has 0 bridgehead atoms. The number of amides is 1. The maximum Gasteiger partial charge on any atom is 0.217 e. The van der Waals surface area contributed by atoms with Gasteiger partial charge in [-0.3, -0.25) is 4.79 Å². The van der Waals surface area contributed by atoms with Gasteiger partial charge in [-0.15, -0.1) is 6.58 Å². The highest BCUT2D eigenvalue weighted by atomic mass is 16.5. The maximum atomic E-state index is 11.6. The molecule has 2 fully saturated rings. The van der Waals surface area contributed by atoms with E-state index in [9.17, 15) is 9.90 Å². The third-order valence-electron chi connectivity index (χ3n) is 7.54. The molecule has 2 aliphatic heterocycles. The molecule has 1 saturated carbocycles. The summed E-state index contributed by atoms with van der Waals surface area (Å²) >= 11 is 0. The lowest BCUT2D eigenvalue weighted by molar-refractivity contribution is -0.120. The fourth-order valence-corrected chi connectivity index (χ4v) is 5.69. The van der Waals surface area contributed by atoms with Crippen LogP contribution in [0.2, 0.25) is 0 Å². The SMILES string of the molecule is C=CC[C@H](NC(C)=O)[C@H](O)CN[C@H]1CC2(CCC2)Oc2c1cc(CC(C)(C)C)nc2N1CCCC1. The van der Waals surface area contributed by atoms with Gasteiger partial charge in [0.1, 0.15) is 5.60 Å². The molecule has 0 radical (unpaired) electrons. The van der Waals surface area contributed by atoms with Crippen molar-refractivity contribution in [3.63, 3.8) is 0 Å². The summed E-state index contributed by atoms with van der Waals surface area (Å²) in [4.78, 5) is 19.2. The van der Waals surface area contributed by atoms with Crippen molar-refractivity contribution in [1.82, 2.24) is 15.6 Å². The van der Waals surface area contributed by atoms with Gasteiger partial charge in [0.25, 0.3) is 0 Å². The largest absolute Gasteiger partial charge is 0.483 e. The van der Waals surface area contributed by atoms with Gasteiger partial charge in [0.2, 0.25) is 5.91 Å². The van der Waals surface area contributed by atoms with Crippen LogP contribution < -0.4 is 20.3 Å². The monoisotopic (exact) mass is 484 g/mol. The summed E-state index contributed by atoms with van der Waals surface area (Å²) in [6, 6.07) is 1.94. The van der Waals surface area contributed by atoms with Gasteiger partial charge >= 0.3 is 0 Å².